The molecule has 0 heterocycles. The van der Waals surface area contributed by atoms with Gasteiger partial charge in [0, 0.05) is 25.1 Å². The summed E-state index contributed by atoms with van der Waals surface area (Å²) in [5.74, 6) is 0.851. The number of benzene rings is 1. The monoisotopic (exact) mass is 313 g/mol. The van der Waals surface area contributed by atoms with E-state index in [9.17, 15) is 5.11 Å². The average molecular weight is 314 g/mol. The summed E-state index contributed by atoms with van der Waals surface area (Å²) in [6.45, 7) is 2.02. The Labute approximate surface area is 117 Å². The zero-order chi connectivity index (χ0) is 13.0. The first-order valence-corrected chi connectivity index (χ1v) is 7.12. The van der Waals surface area contributed by atoms with Crippen LogP contribution in [0.15, 0.2) is 22.7 Å². The summed E-state index contributed by atoms with van der Waals surface area (Å²) in [6.07, 6.45) is 3.53. The molecule has 100 valence electrons. The molecule has 0 spiro atoms. The first kappa shape index (κ1) is 13.8. The summed E-state index contributed by atoms with van der Waals surface area (Å²) in [5.41, 5.74) is 1.36. The van der Waals surface area contributed by atoms with E-state index < -0.39 is 0 Å². The van der Waals surface area contributed by atoms with E-state index in [4.69, 9.17) is 4.74 Å². The smallest absolute Gasteiger partial charge is 0.133 e. The van der Waals surface area contributed by atoms with Crippen LogP contribution in [-0.2, 0) is 6.54 Å². The number of methoxy groups -OCH3 is 1. The van der Waals surface area contributed by atoms with E-state index in [-0.39, 0.29) is 5.41 Å². The molecule has 0 radical (unpaired) electrons. The minimum absolute atomic E-state index is 0.143. The van der Waals surface area contributed by atoms with Crippen LogP contribution < -0.4 is 10.1 Å². The lowest BCUT2D eigenvalue weighted by Crippen LogP contribution is -2.42. The van der Waals surface area contributed by atoms with Crippen molar-refractivity contribution in [2.24, 2.45) is 5.41 Å². The third-order valence-corrected chi connectivity index (χ3v) is 4.41. The first-order valence-electron chi connectivity index (χ1n) is 6.33. The highest BCUT2D eigenvalue weighted by Crippen LogP contribution is 2.39. The molecule has 3 nitrogen and oxygen atoms in total. The van der Waals surface area contributed by atoms with Gasteiger partial charge in [-0.25, -0.2) is 0 Å². The number of hydrogen-bond donors (Lipinski definition) is 2. The molecule has 0 aliphatic heterocycles. The van der Waals surface area contributed by atoms with E-state index in [0.29, 0.717) is 6.61 Å². The summed E-state index contributed by atoms with van der Waals surface area (Å²) in [5, 5.41) is 12.8. The molecule has 2 rings (SSSR count). The van der Waals surface area contributed by atoms with Crippen LogP contribution in [0.1, 0.15) is 24.8 Å². The van der Waals surface area contributed by atoms with Crippen LogP contribution in [-0.4, -0.2) is 25.4 Å². The summed E-state index contributed by atoms with van der Waals surface area (Å²) >= 11 is 3.48. The Hall–Kier alpha value is -0.580. The van der Waals surface area contributed by atoms with Crippen molar-refractivity contribution in [1.29, 1.82) is 0 Å². The van der Waals surface area contributed by atoms with Gasteiger partial charge in [-0.2, -0.15) is 0 Å². The fraction of sp³-hybridized carbons (Fsp3) is 0.571. The lowest BCUT2D eigenvalue weighted by molar-refractivity contribution is 0.0445. The molecule has 1 aliphatic carbocycles. The number of aliphatic hydroxyl groups is 1. The highest BCUT2D eigenvalue weighted by Gasteiger charge is 2.35. The van der Waals surface area contributed by atoms with Crippen LogP contribution in [0.2, 0.25) is 0 Å². The van der Waals surface area contributed by atoms with E-state index >= 15 is 0 Å². The van der Waals surface area contributed by atoms with E-state index in [1.165, 1.54) is 12.0 Å². The van der Waals surface area contributed by atoms with Crippen LogP contribution in [0.3, 0.4) is 0 Å². The zero-order valence-corrected chi connectivity index (χ0v) is 12.3. The molecular weight excluding hydrogens is 294 g/mol. The standard InChI is InChI=1S/C14H20BrNO2/c1-18-13-4-3-11(7-12(13)15)8-16-9-14(10-17)5-2-6-14/h3-4,7,16-17H,2,5-6,8-10H2,1H3. The molecule has 4 heteroatoms. The lowest BCUT2D eigenvalue weighted by atomic mass is 9.69. The predicted molar refractivity (Wildman–Crippen MR) is 75.8 cm³/mol. The predicted octanol–water partition coefficient (Wildman–Crippen LogP) is 2.71. The maximum absolute atomic E-state index is 9.38. The zero-order valence-electron chi connectivity index (χ0n) is 10.7. The van der Waals surface area contributed by atoms with Gasteiger partial charge in [0.2, 0.25) is 0 Å². The lowest BCUT2D eigenvalue weighted by Gasteiger charge is -2.40. The number of aliphatic hydroxyl groups excluding tert-OH is 1. The minimum Gasteiger partial charge on any atom is -0.496 e. The quantitative estimate of drug-likeness (QED) is 0.848. The second-order valence-electron chi connectivity index (χ2n) is 5.08. The molecule has 0 bridgehead atoms. The van der Waals surface area contributed by atoms with Crippen molar-refractivity contribution in [3.05, 3.63) is 28.2 Å². The molecule has 18 heavy (non-hydrogen) atoms. The average Bonchev–Trinajstić information content (AvgIpc) is 2.33. The second-order valence-corrected chi connectivity index (χ2v) is 5.94. The van der Waals surface area contributed by atoms with Gasteiger partial charge in [-0.05, 0) is 46.5 Å². The van der Waals surface area contributed by atoms with Crippen molar-refractivity contribution in [2.75, 3.05) is 20.3 Å². The van der Waals surface area contributed by atoms with Crippen molar-refractivity contribution >= 4 is 15.9 Å². The fourth-order valence-electron chi connectivity index (χ4n) is 2.36. The van der Waals surface area contributed by atoms with Gasteiger partial charge < -0.3 is 15.2 Å². The molecule has 1 aromatic carbocycles. The minimum atomic E-state index is 0.143. The van der Waals surface area contributed by atoms with Crippen LogP contribution in [0, 0.1) is 5.41 Å². The highest BCUT2D eigenvalue weighted by molar-refractivity contribution is 9.10. The molecule has 1 saturated carbocycles. The van der Waals surface area contributed by atoms with Gasteiger partial charge in [-0.3, -0.25) is 0 Å². The molecule has 2 N–H and O–H groups in total. The van der Waals surface area contributed by atoms with Crippen molar-refractivity contribution in [3.8, 4) is 5.75 Å². The van der Waals surface area contributed by atoms with E-state index in [2.05, 4.69) is 33.4 Å². The number of nitrogens with one attached hydrogen (secondary N) is 1. The molecular formula is C14H20BrNO2. The SMILES string of the molecule is COc1ccc(CNCC2(CO)CCC2)cc1Br. The Morgan fingerprint density at radius 3 is 2.72 bits per heavy atom. The van der Waals surface area contributed by atoms with Crippen molar-refractivity contribution < 1.29 is 9.84 Å². The topological polar surface area (TPSA) is 41.5 Å². The number of rotatable bonds is 6. The van der Waals surface area contributed by atoms with Gasteiger partial charge in [0.25, 0.3) is 0 Å². The molecule has 0 aromatic heterocycles. The summed E-state index contributed by atoms with van der Waals surface area (Å²) in [6, 6.07) is 6.09. The number of ether oxygens (including phenoxy) is 1. The van der Waals surface area contributed by atoms with Gasteiger partial charge in [0.05, 0.1) is 11.6 Å². The summed E-state index contributed by atoms with van der Waals surface area (Å²) in [4.78, 5) is 0. The summed E-state index contributed by atoms with van der Waals surface area (Å²) in [7, 11) is 1.67. The highest BCUT2D eigenvalue weighted by atomic mass is 79.9. The van der Waals surface area contributed by atoms with Gasteiger partial charge in [0.1, 0.15) is 5.75 Å². The second kappa shape index (κ2) is 6.04. The molecule has 0 atom stereocenters. The maximum atomic E-state index is 9.38. The maximum Gasteiger partial charge on any atom is 0.133 e. The van der Waals surface area contributed by atoms with Crippen molar-refractivity contribution in [3.63, 3.8) is 0 Å². The summed E-state index contributed by atoms with van der Waals surface area (Å²) < 4.78 is 6.18. The fourth-order valence-corrected chi connectivity index (χ4v) is 2.95. The van der Waals surface area contributed by atoms with E-state index in [1.807, 2.05) is 6.07 Å². The molecule has 0 saturated heterocycles. The normalized spacial score (nSPS) is 17.3. The van der Waals surface area contributed by atoms with Crippen molar-refractivity contribution in [1.82, 2.24) is 5.32 Å². The Morgan fingerprint density at radius 2 is 2.22 bits per heavy atom. The van der Waals surface area contributed by atoms with Crippen LogP contribution in [0.25, 0.3) is 0 Å². The number of halogens is 1. The van der Waals surface area contributed by atoms with E-state index in [0.717, 1.165) is 36.2 Å². The molecule has 0 unspecified atom stereocenters. The van der Waals surface area contributed by atoms with Gasteiger partial charge >= 0.3 is 0 Å². The van der Waals surface area contributed by atoms with Crippen LogP contribution in [0.4, 0.5) is 0 Å². The van der Waals surface area contributed by atoms with Crippen molar-refractivity contribution in [2.45, 2.75) is 25.8 Å². The van der Waals surface area contributed by atoms with E-state index in [1.54, 1.807) is 7.11 Å². The van der Waals surface area contributed by atoms with Gasteiger partial charge in [-0.15, -0.1) is 0 Å². The number of hydrogen-bond acceptors (Lipinski definition) is 3. The van der Waals surface area contributed by atoms with Crippen LogP contribution in [0.5, 0.6) is 5.75 Å². The first-order chi connectivity index (χ1) is 8.69. The molecule has 1 fully saturated rings. The molecule has 1 aromatic rings. The van der Waals surface area contributed by atoms with Gasteiger partial charge in [-0.1, -0.05) is 12.5 Å². The molecule has 0 amide bonds. The largest absolute Gasteiger partial charge is 0.496 e. The van der Waals surface area contributed by atoms with Gasteiger partial charge in [0.15, 0.2) is 0 Å². The Bertz CT molecular complexity index is 399. The Kier molecular flexibility index (Phi) is 4.65. The van der Waals surface area contributed by atoms with Crippen LogP contribution >= 0.6 is 15.9 Å². The Balaban J connectivity index is 1.85. The molecule has 1 aliphatic rings. The Morgan fingerprint density at radius 1 is 1.44 bits per heavy atom. The third kappa shape index (κ3) is 3.05. The third-order valence-electron chi connectivity index (χ3n) is 3.79.